The molecular weight excluding hydrogens is 219 g/mol. The average Bonchev–Trinajstić information content (AvgIpc) is 2.10. The Balaban J connectivity index is 0. The molecule has 0 aliphatic heterocycles. The Hall–Kier alpha value is -0.200. The summed E-state index contributed by atoms with van der Waals surface area (Å²) >= 11 is 6.44. The molecule has 12 heavy (non-hydrogen) atoms. The summed E-state index contributed by atoms with van der Waals surface area (Å²) in [5, 5.41) is 0. The van der Waals surface area contributed by atoms with Gasteiger partial charge < -0.3 is 0 Å². The fourth-order valence-corrected chi connectivity index (χ4v) is 0.253. The third kappa shape index (κ3) is 22.6. The van der Waals surface area contributed by atoms with Gasteiger partial charge in [0.2, 0.25) is 0 Å². The zero-order valence-electron chi connectivity index (χ0n) is 5.85. The Kier molecular flexibility index (Phi) is 16.0. The Morgan fingerprint density at radius 1 is 1.17 bits per heavy atom. The standard InChI is InChI=1S/C4H4N2.HO3P.H2S2/c1-2-5-4-6-3-1;1-4(2)3;1-2/h1-4H;(H-,1,2,3);1-2H/p+1. The normalized spacial score (nSPS) is 6.67. The van der Waals surface area contributed by atoms with E-state index in [1.165, 1.54) is 6.33 Å². The van der Waals surface area contributed by atoms with Crippen molar-refractivity contribution >= 4 is 31.6 Å². The predicted molar refractivity (Wildman–Crippen MR) is 52.0 cm³/mol. The first-order valence-corrected chi connectivity index (χ1v) is 5.25. The summed E-state index contributed by atoms with van der Waals surface area (Å²) in [6.45, 7) is 0. The molecule has 0 amide bonds. The first-order chi connectivity index (χ1) is 5.73. The molecule has 2 N–H and O–H groups in total. The summed E-state index contributed by atoms with van der Waals surface area (Å²) in [6, 6.07) is 1.78. The maximum atomic E-state index is 8.70. The maximum absolute atomic E-state index is 8.70. The van der Waals surface area contributed by atoms with Crippen molar-refractivity contribution in [1.82, 2.24) is 9.97 Å². The quantitative estimate of drug-likeness (QED) is 0.300. The third-order valence-corrected chi connectivity index (χ3v) is 0.478. The van der Waals surface area contributed by atoms with Crippen LogP contribution in [0, 0.1) is 0 Å². The lowest BCUT2D eigenvalue weighted by Gasteiger charge is -1.70. The molecule has 68 valence electrons. The summed E-state index contributed by atoms with van der Waals surface area (Å²) in [5.74, 6) is 0. The second-order valence-corrected chi connectivity index (χ2v) is 1.66. The molecule has 0 radical (unpaired) electrons. The van der Waals surface area contributed by atoms with E-state index in [2.05, 4.69) is 33.3 Å². The Bertz CT molecular complexity index is 158. The molecule has 0 atom stereocenters. The molecule has 8 heteroatoms. The summed E-state index contributed by atoms with van der Waals surface area (Å²) in [7, 11) is -2.87. The SMILES string of the molecule is O=[P+](O)O.SS.c1cncnc1. The molecule has 0 fully saturated rings. The molecule has 0 unspecified atom stereocenters. The monoisotopic (exact) mass is 227 g/mol. The molecule has 1 heterocycles. The van der Waals surface area contributed by atoms with Gasteiger partial charge in [-0.05, 0) is 6.07 Å². The van der Waals surface area contributed by atoms with Gasteiger partial charge in [0, 0.05) is 17.0 Å². The van der Waals surface area contributed by atoms with Gasteiger partial charge in [-0.3, -0.25) is 0 Å². The summed E-state index contributed by atoms with van der Waals surface area (Å²) < 4.78 is 8.70. The molecule has 5 nitrogen and oxygen atoms in total. The minimum atomic E-state index is -2.87. The average molecular weight is 227 g/mol. The van der Waals surface area contributed by atoms with E-state index < -0.39 is 8.25 Å². The van der Waals surface area contributed by atoms with E-state index >= 15 is 0 Å². The van der Waals surface area contributed by atoms with Gasteiger partial charge in [0.05, 0.1) is 0 Å². The molecule has 0 spiro atoms. The molecule has 1 aromatic heterocycles. The zero-order chi connectivity index (χ0) is 9.82. The van der Waals surface area contributed by atoms with Gasteiger partial charge in [-0.2, -0.15) is 0 Å². The summed E-state index contributed by atoms with van der Waals surface area (Å²) in [4.78, 5) is 21.6. The number of rotatable bonds is 0. The van der Waals surface area contributed by atoms with Gasteiger partial charge in [-0.15, -0.1) is 33.1 Å². The van der Waals surface area contributed by atoms with Crippen LogP contribution in [0.15, 0.2) is 24.8 Å². The largest absolute Gasteiger partial charge is 0.692 e. The fraction of sp³-hybridized carbons (Fsp3) is 0. The van der Waals surface area contributed by atoms with E-state index in [9.17, 15) is 0 Å². The highest BCUT2D eigenvalue weighted by Crippen LogP contribution is 1.98. The topological polar surface area (TPSA) is 83.3 Å². The van der Waals surface area contributed by atoms with Crippen LogP contribution in [-0.4, -0.2) is 19.8 Å². The Labute approximate surface area is 81.1 Å². The van der Waals surface area contributed by atoms with E-state index in [0.717, 1.165) is 0 Å². The number of hydrogen-bond donors (Lipinski definition) is 4. The van der Waals surface area contributed by atoms with Crippen LogP contribution in [0.4, 0.5) is 0 Å². The van der Waals surface area contributed by atoms with Gasteiger partial charge >= 0.3 is 8.25 Å². The zero-order valence-corrected chi connectivity index (χ0v) is 8.53. The minimum absolute atomic E-state index is 1.50. The van der Waals surface area contributed by atoms with Crippen LogP contribution in [0.1, 0.15) is 0 Å². The third-order valence-electron chi connectivity index (χ3n) is 0.478. The van der Waals surface area contributed by atoms with Crippen LogP contribution < -0.4 is 0 Å². The van der Waals surface area contributed by atoms with Crippen LogP contribution in [0.5, 0.6) is 0 Å². The van der Waals surface area contributed by atoms with Gasteiger partial charge in [0.1, 0.15) is 6.33 Å². The highest BCUT2D eigenvalue weighted by molar-refractivity contribution is 8.59. The number of hydrogen-bond acceptors (Lipinski definition) is 5. The Morgan fingerprint density at radius 3 is 1.58 bits per heavy atom. The van der Waals surface area contributed by atoms with Crippen molar-refractivity contribution in [2.24, 2.45) is 0 Å². The van der Waals surface area contributed by atoms with Crippen molar-refractivity contribution in [3.63, 3.8) is 0 Å². The molecule has 1 rings (SSSR count). The van der Waals surface area contributed by atoms with Crippen LogP contribution in [0.25, 0.3) is 0 Å². The molecule has 0 saturated carbocycles. The number of nitrogens with zero attached hydrogens (tertiary/aromatic N) is 2. The first-order valence-electron chi connectivity index (χ1n) is 2.48. The predicted octanol–water partition coefficient (Wildman–Crippen LogP) is 0.866. The van der Waals surface area contributed by atoms with Crippen molar-refractivity contribution in [3.05, 3.63) is 24.8 Å². The lowest BCUT2D eigenvalue weighted by Crippen LogP contribution is -1.66. The molecule has 0 aromatic carbocycles. The molecule has 0 aliphatic carbocycles. The van der Waals surface area contributed by atoms with E-state index in [0.29, 0.717) is 0 Å². The van der Waals surface area contributed by atoms with E-state index in [1.807, 2.05) is 0 Å². The van der Waals surface area contributed by atoms with Crippen LogP contribution in [-0.2, 0) is 4.57 Å². The second kappa shape index (κ2) is 13.4. The molecular formula is C4H8N2O3PS2+. The van der Waals surface area contributed by atoms with Gasteiger partial charge in [0.25, 0.3) is 0 Å². The van der Waals surface area contributed by atoms with Crippen LogP contribution >= 0.6 is 31.6 Å². The summed E-state index contributed by atoms with van der Waals surface area (Å²) in [5.41, 5.74) is 0. The van der Waals surface area contributed by atoms with Crippen molar-refractivity contribution in [1.29, 1.82) is 0 Å². The van der Waals surface area contributed by atoms with Gasteiger partial charge in [-0.1, -0.05) is 0 Å². The van der Waals surface area contributed by atoms with Crippen molar-refractivity contribution < 1.29 is 14.4 Å². The van der Waals surface area contributed by atoms with E-state index in [1.54, 1.807) is 18.5 Å². The van der Waals surface area contributed by atoms with Gasteiger partial charge in [-0.25, -0.2) is 9.97 Å². The lowest BCUT2D eigenvalue weighted by atomic mass is 10.7. The molecule has 0 aliphatic rings. The van der Waals surface area contributed by atoms with Crippen molar-refractivity contribution in [2.75, 3.05) is 0 Å². The molecule has 1 aromatic rings. The lowest BCUT2D eigenvalue weighted by molar-refractivity contribution is 0.405. The second-order valence-electron chi connectivity index (χ2n) is 1.16. The number of aromatic nitrogens is 2. The van der Waals surface area contributed by atoms with E-state index in [-0.39, 0.29) is 0 Å². The molecule has 0 bridgehead atoms. The Morgan fingerprint density at radius 2 is 1.50 bits per heavy atom. The maximum Gasteiger partial charge on any atom is 0.692 e. The molecule has 0 saturated heterocycles. The van der Waals surface area contributed by atoms with Gasteiger partial charge in [0.15, 0.2) is 0 Å². The highest BCUT2D eigenvalue weighted by atomic mass is 33.1. The first kappa shape index (κ1) is 14.3. The van der Waals surface area contributed by atoms with Crippen LogP contribution in [0.2, 0.25) is 0 Å². The summed E-state index contributed by atoms with van der Waals surface area (Å²) in [6.07, 6.45) is 4.88. The fourth-order valence-electron chi connectivity index (χ4n) is 0.253. The van der Waals surface area contributed by atoms with E-state index in [4.69, 9.17) is 14.4 Å². The van der Waals surface area contributed by atoms with Crippen molar-refractivity contribution in [2.45, 2.75) is 0 Å². The number of thiol groups is 2. The van der Waals surface area contributed by atoms with Crippen molar-refractivity contribution in [3.8, 4) is 0 Å². The highest BCUT2D eigenvalue weighted by Gasteiger charge is 1.93. The minimum Gasteiger partial charge on any atom is -0.245 e. The smallest absolute Gasteiger partial charge is 0.245 e. The van der Waals surface area contributed by atoms with Crippen LogP contribution in [0.3, 0.4) is 0 Å².